The third-order valence-electron chi connectivity index (χ3n) is 12.3. The highest BCUT2D eigenvalue weighted by molar-refractivity contribution is 7.10. The highest BCUT2D eigenvalue weighted by Crippen LogP contribution is 2.42. The molecular formula is C49H61N9O6S. The number of ether oxygens (including phenoxy) is 2. The van der Waals surface area contributed by atoms with Crippen LogP contribution in [0.2, 0.25) is 0 Å². The van der Waals surface area contributed by atoms with Crippen molar-refractivity contribution >= 4 is 46.1 Å². The highest BCUT2D eigenvalue weighted by Gasteiger charge is 2.37. The van der Waals surface area contributed by atoms with E-state index in [1.54, 1.807) is 58.5 Å². The van der Waals surface area contributed by atoms with Gasteiger partial charge in [0.15, 0.2) is 0 Å². The first-order chi connectivity index (χ1) is 31.1. The number of thiazole rings is 1. The summed E-state index contributed by atoms with van der Waals surface area (Å²) >= 11 is 1.41. The maximum absolute atomic E-state index is 14.6. The summed E-state index contributed by atoms with van der Waals surface area (Å²) in [6.07, 6.45) is 7.23. The Bertz CT molecular complexity index is 2580. The lowest BCUT2D eigenvalue weighted by Crippen LogP contribution is -2.60. The summed E-state index contributed by atoms with van der Waals surface area (Å²) in [4.78, 5) is 73.4. The molecular weight excluding hydrogens is 843 g/mol. The molecule has 2 aliphatic heterocycles. The number of cyclic esters (lactones) is 1. The summed E-state index contributed by atoms with van der Waals surface area (Å²) in [6, 6.07) is 12.0. The summed E-state index contributed by atoms with van der Waals surface area (Å²) in [5.74, 6) is -1.46. The highest BCUT2D eigenvalue weighted by atomic mass is 32.1. The molecule has 15 nitrogen and oxygen atoms in total. The molecule has 0 aliphatic carbocycles. The fourth-order valence-electron chi connectivity index (χ4n) is 8.80. The second-order valence-electron chi connectivity index (χ2n) is 18.0. The fraction of sp³-hybridized carbons (Fsp3) is 0.449. The number of esters is 1. The van der Waals surface area contributed by atoms with E-state index in [1.165, 1.54) is 21.2 Å². The van der Waals surface area contributed by atoms with Gasteiger partial charge < -0.3 is 24.3 Å². The molecule has 4 amide bonds. The fourth-order valence-corrected chi connectivity index (χ4v) is 9.65. The Hall–Kier alpha value is -5.97. The standard InChI is InChI=1S/C49H61N9O6S/c1-10-57-40-16-15-33-25-35(40)36(44(57)34-13-11-20-51-42(34)31(4)63-9)27-49(5,6)29-64-47(61)37-14-12-23-58(54-37)46(60)38(26-41-52-39(33)28-65-41)53-45(59)43(30(2)3)56(8)48(62)55(7)24-19-32-17-21-50-22-18-32/h11,13,15-18,20-22,25,28,31,37-38,54H,10,12,14,19,23-24,26-27,29H2,1-9H3,(H,53,59)/t31-,37-,38-/m0/s1. The number of hydrogen-bond acceptors (Lipinski definition) is 11. The summed E-state index contributed by atoms with van der Waals surface area (Å²) in [7, 11) is 4.94. The minimum atomic E-state index is -1.10. The van der Waals surface area contributed by atoms with Gasteiger partial charge in [-0.25, -0.2) is 15.2 Å². The number of nitrogens with zero attached hydrogens (tertiary/aromatic N) is 7. The number of nitrogens with one attached hydrogen (secondary N) is 2. The molecule has 5 aromatic rings. The van der Waals surface area contributed by atoms with Crippen LogP contribution in [0.25, 0.3) is 33.4 Å². The van der Waals surface area contributed by atoms with E-state index in [2.05, 4.69) is 65.3 Å². The summed E-state index contributed by atoms with van der Waals surface area (Å²) < 4.78 is 14.2. The van der Waals surface area contributed by atoms with Crippen molar-refractivity contribution in [2.75, 3.05) is 40.9 Å². The molecule has 0 radical (unpaired) electrons. The van der Waals surface area contributed by atoms with E-state index < -0.39 is 35.3 Å². The average Bonchev–Trinajstić information content (AvgIpc) is 3.90. The Morgan fingerprint density at radius 3 is 2.60 bits per heavy atom. The Kier molecular flexibility index (Phi) is 14.5. The molecule has 7 rings (SSSR count). The van der Waals surface area contributed by atoms with Gasteiger partial charge in [0, 0.05) is 98.7 Å². The van der Waals surface area contributed by atoms with Gasteiger partial charge in [0.05, 0.1) is 34.8 Å². The summed E-state index contributed by atoms with van der Waals surface area (Å²) in [5.41, 5.74) is 11.0. The topological polar surface area (TPSA) is 164 Å². The molecule has 16 heteroatoms. The zero-order valence-corrected chi connectivity index (χ0v) is 39.8. The number of benzene rings is 1. The van der Waals surface area contributed by atoms with Crippen molar-refractivity contribution in [3.63, 3.8) is 0 Å². The molecule has 2 aliphatic rings. The van der Waals surface area contributed by atoms with E-state index in [4.69, 9.17) is 19.4 Å². The molecule has 344 valence electrons. The number of hydrogen-bond donors (Lipinski definition) is 2. The molecule has 0 saturated carbocycles. The maximum Gasteiger partial charge on any atom is 0.324 e. The Morgan fingerprint density at radius 1 is 1.11 bits per heavy atom. The number of carbonyl (C=O) groups excluding carboxylic acids is 4. The quantitative estimate of drug-likeness (QED) is 0.109. The number of likely N-dealkylation sites (N-methyl/N-ethyl adjacent to an activating group) is 2. The van der Waals surface area contributed by atoms with Crippen molar-refractivity contribution in [3.8, 4) is 22.5 Å². The van der Waals surface area contributed by atoms with Crippen molar-refractivity contribution in [2.45, 2.75) is 98.4 Å². The van der Waals surface area contributed by atoms with E-state index in [0.717, 1.165) is 50.2 Å². The van der Waals surface area contributed by atoms with Gasteiger partial charge in [-0.15, -0.1) is 11.3 Å². The first kappa shape index (κ1) is 47.0. The van der Waals surface area contributed by atoms with Crippen LogP contribution in [0.4, 0.5) is 4.79 Å². The van der Waals surface area contributed by atoms with Crippen LogP contribution in [0.5, 0.6) is 0 Å². The normalized spacial score (nSPS) is 18.1. The van der Waals surface area contributed by atoms with E-state index in [1.807, 2.05) is 30.5 Å². The molecule has 3 atom stereocenters. The number of allylic oxidation sites excluding steroid dienone is 1. The number of methoxy groups -OCH3 is 1. The number of carbonyl (C=O) groups is 4. The largest absolute Gasteiger partial charge is 0.464 e. The van der Waals surface area contributed by atoms with E-state index in [9.17, 15) is 19.2 Å². The van der Waals surface area contributed by atoms with Gasteiger partial charge in [-0.05, 0) is 106 Å². The number of amides is 4. The molecule has 65 heavy (non-hydrogen) atoms. The van der Waals surface area contributed by atoms with Gasteiger partial charge in [-0.1, -0.05) is 19.9 Å². The van der Waals surface area contributed by atoms with Crippen molar-refractivity contribution in [2.24, 2.45) is 5.41 Å². The van der Waals surface area contributed by atoms with Gasteiger partial charge in [-0.3, -0.25) is 34.3 Å². The van der Waals surface area contributed by atoms with Crippen molar-refractivity contribution in [3.05, 3.63) is 99.5 Å². The van der Waals surface area contributed by atoms with Crippen LogP contribution in [0.3, 0.4) is 0 Å². The SMILES string of the molecule is CCn1c(-c2cccnc2[C@H](C)OC)c2c3cc(ccc31)-c1csc(n1)C[C@H](NC(=O)C(=C(C)C)N(C)C(=O)N(C)CCc1ccncc1)C(=O)N1CCC[C@H](N1)C(=O)OCC(C)(C)C2. The minimum absolute atomic E-state index is 0.0710. The zero-order chi connectivity index (χ0) is 46.6. The van der Waals surface area contributed by atoms with Crippen molar-refractivity contribution in [1.29, 1.82) is 0 Å². The van der Waals surface area contributed by atoms with Gasteiger partial charge in [0.25, 0.3) is 11.8 Å². The van der Waals surface area contributed by atoms with Crippen LogP contribution >= 0.6 is 11.3 Å². The van der Waals surface area contributed by atoms with Gasteiger partial charge in [-0.2, -0.15) is 0 Å². The minimum Gasteiger partial charge on any atom is -0.464 e. The lowest BCUT2D eigenvalue weighted by molar-refractivity contribution is -0.155. The summed E-state index contributed by atoms with van der Waals surface area (Å²) in [6.45, 7) is 13.4. The smallest absolute Gasteiger partial charge is 0.324 e. The summed E-state index contributed by atoms with van der Waals surface area (Å²) in [5, 5.41) is 8.06. The van der Waals surface area contributed by atoms with E-state index in [-0.39, 0.29) is 30.9 Å². The first-order valence-electron chi connectivity index (χ1n) is 22.3. The number of aryl methyl sites for hydroxylation is 1. The van der Waals surface area contributed by atoms with Crippen LogP contribution in [0, 0.1) is 5.41 Å². The second kappa shape index (κ2) is 20.0. The predicted octanol–water partition coefficient (Wildman–Crippen LogP) is 7.12. The molecule has 4 aromatic heterocycles. The van der Waals surface area contributed by atoms with E-state index in [0.29, 0.717) is 55.9 Å². The van der Waals surface area contributed by atoms with Crippen LogP contribution in [-0.2, 0) is 49.7 Å². The van der Waals surface area contributed by atoms with Gasteiger partial charge in [0.1, 0.15) is 17.8 Å². The lowest BCUT2D eigenvalue weighted by Gasteiger charge is -2.36. The van der Waals surface area contributed by atoms with Crippen molar-refractivity contribution in [1.82, 2.24) is 45.1 Å². The van der Waals surface area contributed by atoms with Crippen molar-refractivity contribution < 1.29 is 28.7 Å². The average molecular weight is 904 g/mol. The van der Waals surface area contributed by atoms with Crippen LogP contribution in [0.1, 0.15) is 82.3 Å². The third-order valence-corrected chi connectivity index (χ3v) is 13.1. The monoisotopic (exact) mass is 903 g/mol. The van der Waals surface area contributed by atoms with Crippen LogP contribution < -0.4 is 10.7 Å². The molecule has 0 spiro atoms. The van der Waals surface area contributed by atoms with Crippen LogP contribution in [0.15, 0.2) is 77.7 Å². The van der Waals surface area contributed by atoms with Gasteiger partial charge in [0.2, 0.25) is 0 Å². The molecule has 1 aromatic carbocycles. The van der Waals surface area contributed by atoms with Gasteiger partial charge >= 0.3 is 12.0 Å². The molecule has 6 bridgehead atoms. The Morgan fingerprint density at radius 2 is 1.88 bits per heavy atom. The number of hydrazine groups is 1. The Labute approximate surface area is 385 Å². The molecule has 6 heterocycles. The molecule has 1 saturated heterocycles. The number of pyridine rings is 2. The predicted molar refractivity (Wildman–Crippen MR) is 251 cm³/mol. The maximum atomic E-state index is 14.6. The third kappa shape index (κ3) is 10.3. The lowest BCUT2D eigenvalue weighted by atomic mass is 9.84. The molecule has 2 N–H and O–H groups in total. The van der Waals surface area contributed by atoms with E-state index >= 15 is 0 Å². The number of rotatable bonds is 10. The molecule has 1 fully saturated rings. The Balaban J connectivity index is 1.26. The number of urea groups is 1. The zero-order valence-electron chi connectivity index (χ0n) is 38.9. The molecule has 0 unspecified atom stereocenters. The van der Waals surface area contributed by atoms with Crippen LogP contribution in [-0.4, -0.2) is 111 Å². The number of aromatic nitrogens is 4. The second-order valence-corrected chi connectivity index (χ2v) is 18.9. The first-order valence-corrected chi connectivity index (χ1v) is 23.2. The number of fused-ring (bicyclic) bond motifs is 6.